The lowest BCUT2D eigenvalue weighted by Crippen LogP contribution is -2.43. The number of rotatable bonds is 8. The van der Waals surface area contributed by atoms with Gasteiger partial charge in [-0.05, 0) is 49.6 Å². The highest BCUT2D eigenvalue weighted by molar-refractivity contribution is 6.22. The molecular formula is C22H26N2O3. The van der Waals surface area contributed by atoms with Crippen LogP contribution in [0.3, 0.4) is 0 Å². The van der Waals surface area contributed by atoms with Crippen LogP contribution in [-0.4, -0.2) is 30.5 Å². The van der Waals surface area contributed by atoms with Crippen LogP contribution in [0.1, 0.15) is 32.3 Å². The summed E-state index contributed by atoms with van der Waals surface area (Å²) >= 11 is 0. The molecule has 0 aromatic heterocycles. The highest BCUT2D eigenvalue weighted by Crippen LogP contribution is 2.25. The van der Waals surface area contributed by atoms with Gasteiger partial charge in [0.25, 0.3) is 5.91 Å². The molecule has 0 radical (unpaired) electrons. The monoisotopic (exact) mass is 366 g/mol. The lowest BCUT2D eigenvalue weighted by Gasteiger charge is -2.19. The van der Waals surface area contributed by atoms with E-state index in [0.29, 0.717) is 12.3 Å². The van der Waals surface area contributed by atoms with Crippen LogP contribution in [0.4, 0.5) is 5.69 Å². The molecule has 142 valence electrons. The Kier molecular flexibility index (Phi) is 6.24. The number of benzene rings is 2. The quantitative estimate of drug-likeness (QED) is 0.728. The summed E-state index contributed by atoms with van der Waals surface area (Å²) in [6.45, 7) is 4.72. The zero-order valence-electron chi connectivity index (χ0n) is 15.9. The molecule has 1 fully saturated rings. The fraction of sp³-hybridized carbons (Fsp3) is 0.364. The van der Waals surface area contributed by atoms with Crippen molar-refractivity contribution < 1.29 is 14.3 Å². The Bertz CT molecular complexity index is 774. The van der Waals surface area contributed by atoms with Crippen LogP contribution < -0.4 is 15.0 Å². The number of amides is 2. The van der Waals surface area contributed by atoms with Crippen LogP contribution in [0.25, 0.3) is 0 Å². The van der Waals surface area contributed by atoms with Crippen molar-refractivity contribution in [1.82, 2.24) is 5.32 Å². The van der Waals surface area contributed by atoms with E-state index in [2.05, 4.69) is 17.4 Å². The van der Waals surface area contributed by atoms with Crippen molar-refractivity contribution in [2.75, 3.05) is 11.5 Å². The van der Waals surface area contributed by atoms with Gasteiger partial charge in [-0.2, -0.15) is 0 Å². The van der Waals surface area contributed by atoms with Gasteiger partial charge in [0.2, 0.25) is 5.91 Å². The molecule has 0 saturated carbocycles. The van der Waals surface area contributed by atoms with Gasteiger partial charge >= 0.3 is 0 Å². The number of nitrogens with zero attached hydrogens (tertiary/aromatic N) is 1. The van der Waals surface area contributed by atoms with E-state index in [4.69, 9.17) is 4.74 Å². The van der Waals surface area contributed by atoms with Gasteiger partial charge in [-0.1, -0.05) is 37.3 Å². The Morgan fingerprint density at radius 1 is 1.11 bits per heavy atom. The van der Waals surface area contributed by atoms with Crippen LogP contribution in [0, 0.1) is 0 Å². The normalized spacial score (nSPS) is 18.0. The first-order chi connectivity index (χ1) is 13.1. The van der Waals surface area contributed by atoms with E-state index in [1.165, 1.54) is 10.5 Å². The zero-order valence-corrected chi connectivity index (χ0v) is 15.9. The van der Waals surface area contributed by atoms with E-state index in [1.807, 2.05) is 32.0 Å². The van der Waals surface area contributed by atoms with Crippen molar-refractivity contribution >= 4 is 17.5 Å². The summed E-state index contributed by atoms with van der Waals surface area (Å²) in [4.78, 5) is 26.5. The van der Waals surface area contributed by atoms with Crippen LogP contribution in [0.2, 0.25) is 0 Å². The average Bonchev–Trinajstić information content (AvgIpc) is 2.94. The number of anilines is 1. The molecule has 1 aliphatic rings. The number of hydrogen-bond donors (Lipinski definition) is 1. The van der Waals surface area contributed by atoms with Crippen LogP contribution in [0.15, 0.2) is 54.6 Å². The molecule has 5 nitrogen and oxygen atoms in total. The van der Waals surface area contributed by atoms with Gasteiger partial charge in [0.1, 0.15) is 5.75 Å². The zero-order chi connectivity index (χ0) is 19.2. The second kappa shape index (κ2) is 8.82. The Morgan fingerprint density at radius 3 is 2.48 bits per heavy atom. The minimum Gasteiger partial charge on any atom is -0.494 e. The minimum atomic E-state index is -0.479. The molecule has 1 N–H and O–H groups in total. The van der Waals surface area contributed by atoms with Gasteiger partial charge in [0, 0.05) is 6.04 Å². The summed E-state index contributed by atoms with van der Waals surface area (Å²) in [6, 6.07) is 16.8. The second-order valence-electron chi connectivity index (χ2n) is 6.92. The van der Waals surface area contributed by atoms with Crippen molar-refractivity contribution in [2.45, 2.75) is 45.2 Å². The van der Waals surface area contributed by atoms with E-state index < -0.39 is 6.04 Å². The van der Waals surface area contributed by atoms with E-state index >= 15 is 0 Å². The average molecular weight is 366 g/mol. The first-order valence-corrected chi connectivity index (χ1v) is 9.48. The summed E-state index contributed by atoms with van der Waals surface area (Å²) in [5.41, 5.74) is 1.79. The van der Waals surface area contributed by atoms with Gasteiger partial charge in [0.15, 0.2) is 0 Å². The molecule has 0 spiro atoms. The van der Waals surface area contributed by atoms with Crippen LogP contribution >= 0.6 is 0 Å². The number of imide groups is 1. The van der Waals surface area contributed by atoms with Gasteiger partial charge < -0.3 is 10.1 Å². The molecule has 1 aliphatic heterocycles. The Hall–Kier alpha value is -2.66. The summed E-state index contributed by atoms with van der Waals surface area (Å²) in [5, 5.41) is 3.31. The molecular weight excluding hydrogens is 340 g/mol. The first-order valence-electron chi connectivity index (χ1n) is 9.48. The van der Waals surface area contributed by atoms with Crippen molar-refractivity contribution in [2.24, 2.45) is 0 Å². The van der Waals surface area contributed by atoms with Gasteiger partial charge in [-0.3, -0.25) is 9.59 Å². The second-order valence-corrected chi connectivity index (χ2v) is 6.92. The summed E-state index contributed by atoms with van der Waals surface area (Å²) in [7, 11) is 0. The van der Waals surface area contributed by atoms with Crippen molar-refractivity contribution in [3.05, 3.63) is 60.2 Å². The van der Waals surface area contributed by atoms with E-state index in [9.17, 15) is 9.59 Å². The van der Waals surface area contributed by atoms with Crippen molar-refractivity contribution in [3.63, 3.8) is 0 Å². The summed E-state index contributed by atoms with van der Waals surface area (Å²) < 4.78 is 5.56. The van der Waals surface area contributed by atoms with Crippen LogP contribution in [-0.2, 0) is 16.0 Å². The van der Waals surface area contributed by atoms with Gasteiger partial charge in [-0.25, -0.2) is 4.90 Å². The molecule has 1 saturated heterocycles. The number of nitrogens with one attached hydrogen (secondary N) is 1. The van der Waals surface area contributed by atoms with Gasteiger partial charge in [-0.15, -0.1) is 0 Å². The largest absolute Gasteiger partial charge is 0.494 e. The molecule has 5 heteroatoms. The summed E-state index contributed by atoms with van der Waals surface area (Å²) in [6.07, 6.45) is 1.92. The lowest BCUT2D eigenvalue weighted by atomic mass is 10.1. The summed E-state index contributed by atoms with van der Waals surface area (Å²) in [5.74, 6) is 0.375. The maximum atomic E-state index is 12.8. The number of carbonyl (C=O) groups is 2. The maximum Gasteiger partial charge on any atom is 0.251 e. The van der Waals surface area contributed by atoms with Gasteiger partial charge in [0.05, 0.1) is 24.8 Å². The van der Waals surface area contributed by atoms with Crippen molar-refractivity contribution in [1.29, 1.82) is 0 Å². The van der Waals surface area contributed by atoms with Crippen molar-refractivity contribution in [3.8, 4) is 5.75 Å². The highest BCUT2D eigenvalue weighted by Gasteiger charge is 2.39. The Balaban J connectivity index is 1.62. The number of carbonyl (C=O) groups excluding carboxylic acids is 2. The maximum absolute atomic E-state index is 12.8. The topological polar surface area (TPSA) is 58.6 Å². The number of ether oxygens (including phenoxy) is 1. The molecule has 0 aliphatic carbocycles. The fourth-order valence-electron chi connectivity index (χ4n) is 3.31. The van der Waals surface area contributed by atoms with Crippen LogP contribution in [0.5, 0.6) is 5.75 Å². The third-order valence-electron chi connectivity index (χ3n) is 4.58. The minimum absolute atomic E-state index is 0.0962. The molecule has 0 bridgehead atoms. The van der Waals surface area contributed by atoms with E-state index in [0.717, 1.165) is 18.6 Å². The molecule has 2 aromatic carbocycles. The smallest absolute Gasteiger partial charge is 0.251 e. The number of hydrogen-bond acceptors (Lipinski definition) is 4. The lowest BCUT2D eigenvalue weighted by molar-refractivity contribution is -0.121. The molecule has 27 heavy (non-hydrogen) atoms. The Labute approximate surface area is 160 Å². The molecule has 0 unspecified atom stereocenters. The van der Waals surface area contributed by atoms with E-state index in [1.54, 1.807) is 24.3 Å². The third-order valence-corrected chi connectivity index (χ3v) is 4.58. The molecule has 2 atom stereocenters. The first kappa shape index (κ1) is 19.1. The molecule has 1 heterocycles. The Morgan fingerprint density at radius 2 is 1.81 bits per heavy atom. The third kappa shape index (κ3) is 4.74. The predicted molar refractivity (Wildman–Crippen MR) is 106 cm³/mol. The standard InChI is InChI=1S/C22H26N2O3/c1-3-13-27-19-11-9-18(10-12-19)24-21(25)15-20(22(24)26)23-16(2)14-17-7-5-4-6-8-17/h4-12,16,20,23H,3,13-15H2,1-2H3/t16-,20+/m0/s1. The predicted octanol–water partition coefficient (Wildman–Crippen LogP) is 3.33. The SMILES string of the molecule is CCCOc1ccc(N2C(=O)C[C@@H](N[C@@H](C)Cc3ccccc3)C2=O)cc1. The molecule has 3 rings (SSSR count). The molecule has 2 aromatic rings. The highest BCUT2D eigenvalue weighted by atomic mass is 16.5. The van der Waals surface area contributed by atoms with E-state index in [-0.39, 0.29) is 24.3 Å². The fourth-order valence-corrected chi connectivity index (χ4v) is 3.31. The molecule has 2 amide bonds.